The highest BCUT2D eigenvalue weighted by molar-refractivity contribution is 9.10. The third kappa shape index (κ3) is 4.77. The minimum atomic E-state index is -4.58. The molecule has 4 nitrogen and oxygen atoms in total. The van der Waals surface area contributed by atoms with E-state index in [1.54, 1.807) is 19.1 Å². The van der Waals surface area contributed by atoms with Gasteiger partial charge in [-0.05, 0) is 49.7 Å². The second-order valence-electron chi connectivity index (χ2n) is 6.03. The lowest BCUT2D eigenvalue weighted by Gasteiger charge is -2.16. The number of nitrogens with one attached hydrogen (secondary N) is 2. The Kier molecular flexibility index (Phi) is 5.36. The SMILES string of the molecule is Cc1ccc(Nc2ncc(C(F)(F)F)c(Nc3ccc(Br)cc3C)n2)cc1. The van der Waals surface area contributed by atoms with E-state index in [9.17, 15) is 13.2 Å². The molecule has 2 N–H and O–H groups in total. The molecule has 0 unspecified atom stereocenters. The topological polar surface area (TPSA) is 49.8 Å². The lowest BCUT2D eigenvalue weighted by molar-refractivity contribution is -0.137. The lowest BCUT2D eigenvalue weighted by atomic mass is 10.2. The number of aryl methyl sites for hydroxylation is 2. The molecule has 1 heterocycles. The van der Waals surface area contributed by atoms with E-state index >= 15 is 0 Å². The molecular weight excluding hydrogens is 421 g/mol. The van der Waals surface area contributed by atoms with Gasteiger partial charge < -0.3 is 10.6 Å². The van der Waals surface area contributed by atoms with Crippen molar-refractivity contribution in [3.8, 4) is 0 Å². The smallest absolute Gasteiger partial charge is 0.339 e. The largest absolute Gasteiger partial charge is 0.421 e. The van der Waals surface area contributed by atoms with Crippen molar-refractivity contribution < 1.29 is 13.2 Å². The summed E-state index contributed by atoms with van der Waals surface area (Å²) in [6.07, 6.45) is -3.80. The number of alkyl halides is 3. The molecular formula is C19H16BrF3N4. The number of nitrogens with zero attached hydrogens (tertiary/aromatic N) is 2. The van der Waals surface area contributed by atoms with Crippen LogP contribution < -0.4 is 10.6 Å². The van der Waals surface area contributed by atoms with Gasteiger partial charge in [-0.2, -0.15) is 18.2 Å². The summed E-state index contributed by atoms with van der Waals surface area (Å²) in [7, 11) is 0. The number of aromatic nitrogens is 2. The van der Waals surface area contributed by atoms with Crippen LogP contribution in [0.15, 0.2) is 53.1 Å². The van der Waals surface area contributed by atoms with E-state index in [1.807, 2.05) is 37.3 Å². The van der Waals surface area contributed by atoms with Gasteiger partial charge in [0.1, 0.15) is 11.4 Å². The molecule has 3 rings (SSSR count). The Bertz CT molecular complexity index is 956. The molecule has 3 aromatic rings. The number of halogens is 4. The maximum Gasteiger partial charge on any atom is 0.421 e. The molecule has 0 amide bonds. The summed E-state index contributed by atoms with van der Waals surface area (Å²) in [6, 6.07) is 12.6. The molecule has 0 aliphatic rings. The van der Waals surface area contributed by atoms with E-state index in [2.05, 4.69) is 36.5 Å². The molecule has 0 spiro atoms. The van der Waals surface area contributed by atoms with Crippen molar-refractivity contribution >= 4 is 39.1 Å². The summed E-state index contributed by atoms with van der Waals surface area (Å²) < 4.78 is 41.0. The first-order valence-electron chi connectivity index (χ1n) is 8.03. The van der Waals surface area contributed by atoms with Crippen LogP contribution >= 0.6 is 15.9 Å². The predicted molar refractivity (Wildman–Crippen MR) is 104 cm³/mol. The highest BCUT2D eigenvalue weighted by Crippen LogP contribution is 2.36. The van der Waals surface area contributed by atoms with E-state index in [4.69, 9.17) is 0 Å². The number of hydrogen-bond donors (Lipinski definition) is 2. The second-order valence-corrected chi connectivity index (χ2v) is 6.94. The quantitative estimate of drug-likeness (QED) is 0.499. The van der Waals surface area contributed by atoms with Crippen LogP contribution in [0.2, 0.25) is 0 Å². The van der Waals surface area contributed by atoms with Gasteiger partial charge in [0.05, 0.1) is 0 Å². The van der Waals surface area contributed by atoms with Crippen molar-refractivity contribution in [1.29, 1.82) is 0 Å². The monoisotopic (exact) mass is 436 g/mol. The highest BCUT2D eigenvalue weighted by atomic mass is 79.9. The highest BCUT2D eigenvalue weighted by Gasteiger charge is 2.35. The van der Waals surface area contributed by atoms with Crippen molar-refractivity contribution in [2.75, 3.05) is 10.6 Å². The van der Waals surface area contributed by atoms with Gasteiger partial charge in [-0.1, -0.05) is 33.6 Å². The van der Waals surface area contributed by atoms with Gasteiger partial charge in [-0.3, -0.25) is 0 Å². The molecule has 1 aromatic heterocycles. The molecule has 0 saturated heterocycles. The Morgan fingerprint density at radius 3 is 2.30 bits per heavy atom. The molecule has 0 aliphatic carbocycles. The summed E-state index contributed by atoms with van der Waals surface area (Å²) in [5.74, 6) is -0.235. The number of benzene rings is 2. The first-order chi connectivity index (χ1) is 12.7. The fraction of sp³-hybridized carbons (Fsp3) is 0.158. The summed E-state index contributed by atoms with van der Waals surface area (Å²) >= 11 is 3.34. The Labute approximate surface area is 163 Å². The number of hydrogen-bond acceptors (Lipinski definition) is 4. The van der Waals surface area contributed by atoms with Gasteiger partial charge in [0.2, 0.25) is 5.95 Å². The molecule has 0 atom stereocenters. The molecule has 0 fully saturated rings. The maximum atomic E-state index is 13.4. The van der Waals surface area contributed by atoms with Crippen LogP contribution in [0.25, 0.3) is 0 Å². The van der Waals surface area contributed by atoms with Crippen LogP contribution in [0.5, 0.6) is 0 Å². The van der Waals surface area contributed by atoms with Crippen LogP contribution in [0.4, 0.5) is 36.3 Å². The van der Waals surface area contributed by atoms with E-state index in [-0.39, 0.29) is 11.8 Å². The van der Waals surface area contributed by atoms with Crippen molar-refractivity contribution in [3.63, 3.8) is 0 Å². The zero-order chi connectivity index (χ0) is 19.6. The lowest BCUT2D eigenvalue weighted by Crippen LogP contribution is -2.13. The Morgan fingerprint density at radius 2 is 1.67 bits per heavy atom. The van der Waals surface area contributed by atoms with Crippen molar-refractivity contribution in [3.05, 3.63) is 69.8 Å². The third-order valence-corrected chi connectivity index (χ3v) is 4.34. The average Bonchev–Trinajstić information content (AvgIpc) is 2.59. The maximum absolute atomic E-state index is 13.4. The van der Waals surface area contributed by atoms with Crippen LogP contribution in [-0.2, 0) is 6.18 Å². The van der Waals surface area contributed by atoms with Crippen LogP contribution in [-0.4, -0.2) is 9.97 Å². The zero-order valence-corrected chi connectivity index (χ0v) is 16.1. The minimum Gasteiger partial charge on any atom is -0.339 e. The van der Waals surface area contributed by atoms with Gasteiger partial charge in [-0.15, -0.1) is 0 Å². The Morgan fingerprint density at radius 1 is 0.963 bits per heavy atom. The van der Waals surface area contributed by atoms with E-state index in [0.29, 0.717) is 11.4 Å². The molecule has 2 aromatic carbocycles. The Balaban J connectivity index is 1.96. The van der Waals surface area contributed by atoms with Crippen LogP contribution in [0.3, 0.4) is 0 Å². The first kappa shape index (κ1) is 19.2. The second kappa shape index (κ2) is 7.56. The minimum absolute atomic E-state index is 0.0733. The van der Waals surface area contributed by atoms with Gasteiger partial charge in [-0.25, -0.2) is 4.98 Å². The summed E-state index contributed by atoms with van der Waals surface area (Å²) in [4.78, 5) is 7.86. The molecule has 0 saturated carbocycles. The van der Waals surface area contributed by atoms with Gasteiger partial charge in [0, 0.05) is 22.0 Å². The molecule has 0 radical (unpaired) electrons. The standard InChI is InChI=1S/C19H16BrF3N4/c1-11-3-6-14(7-4-11)25-18-24-10-15(19(21,22)23)17(27-18)26-16-8-5-13(20)9-12(16)2/h3-10H,1-2H3,(H2,24,25,26,27). The first-order valence-corrected chi connectivity index (χ1v) is 8.83. The summed E-state index contributed by atoms with van der Waals surface area (Å²) in [5.41, 5.74) is 2.14. The number of rotatable bonds is 4. The van der Waals surface area contributed by atoms with Crippen LogP contribution in [0.1, 0.15) is 16.7 Å². The van der Waals surface area contributed by atoms with Gasteiger partial charge in [0.15, 0.2) is 0 Å². The van der Waals surface area contributed by atoms with E-state index in [1.165, 1.54) is 0 Å². The normalized spacial score (nSPS) is 11.3. The molecule has 140 valence electrons. The van der Waals surface area contributed by atoms with E-state index in [0.717, 1.165) is 21.8 Å². The Hall–Kier alpha value is -2.61. The van der Waals surface area contributed by atoms with E-state index < -0.39 is 11.7 Å². The summed E-state index contributed by atoms with van der Waals surface area (Å²) in [6.45, 7) is 3.74. The van der Waals surface area contributed by atoms with Crippen molar-refractivity contribution in [2.24, 2.45) is 0 Å². The van der Waals surface area contributed by atoms with Crippen molar-refractivity contribution in [2.45, 2.75) is 20.0 Å². The predicted octanol–water partition coefficient (Wildman–Crippen LogP) is 6.36. The molecule has 8 heteroatoms. The fourth-order valence-corrected chi connectivity index (χ4v) is 2.88. The fourth-order valence-electron chi connectivity index (χ4n) is 2.41. The van der Waals surface area contributed by atoms with Gasteiger partial charge >= 0.3 is 6.18 Å². The zero-order valence-electron chi connectivity index (χ0n) is 14.5. The van der Waals surface area contributed by atoms with Crippen LogP contribution in [0, 0.1) is 13.8 Å². The molecule has 0 aliphatic heterocycles. The number of anilines is 4. The van der Waals surface area contributed by atoms with Gasteiger partial charge in [0.25, 0.3) is 0 Å². The summed E-state index contributed by atoms with van der Waals surface area (Å²) in [5, 5.41) is 5.70. The molecule has 0 bridgehead atoms. The average molecular weight is 437 g/mol. The molecule has 27 heavy (non-hydrogen) atoms. The third-order valence-electron chi connectivity index (χ3n) is 3.84. The van der Waals surface area contributed by atoms with Crippen molar-refractivity contribution in [1.82, 2.24) is 9.97 Å².